The van der Waals surface area contributed by atoms with E-state index in [-0.39, 0.29) is 11.8 Å². The fraction of sp³-hybridized carbons (Fsp3) is 0.333. The molecule has 106 valence electrons. The first-order valence-electron chi connectivity index (χ1n) is 6.54. The topological polar surface area (TPSA) is 68.0 Å². The van der Waals surface area contributed by atoms with Gasteiger partial charge in [0.25, 0.3) is 0 Å². The predicted molar refractivity (Wildman–Crippen MR) is 81.5 cm³/mol. The number of benzene rings is 1. The van der Waals surface area contributed by atoms with Crippen molar-refractivity contribution in [2.45, 2.75) is 25.3 Å². The van der Waals surface area contributed by atoms with Crippen molar-refractivity contribution in [3.8, 4) is 0 Å². The summed E-state index contributed by atoms with van der Waals surface area (Å²) in [6.07, 6.45) is 1.77. The van der Waals surface area contributed by atoms with E-state index in [2.05, 4.69) is 10.3 Å². The van der Waals surface area contributed by atoms with E-state index < -0.39 is 5.54 Å². The van der Waals surface area contributed by atoms with Crippen LogP contribution in [0.4, 0.5) is 0 Å². The van der Waals surface area contributed by atoms with Gasteiger partial charge in [-0.3, -0.25) is 4.79 Å². The molecular weight excluding hydrogens is 270 g/mol. The number of amides is 1. The molecule has 1 amide bonds. The molecule has 1 aromatic carbocycles. The maximum atomic E-state index is 12.3. The zero-order valence-corrected chi connectivity index (χ0v) is 12.5. The van der Waals surface area contributed by atoms with E-state index in [1.807, 2.05) is 42.6 Å². The minimum Gasteiger partial charge on any atom is -0.354 e. The van der Waals surface area contributed by atoms with Crippen LogP contribution in [0.5, 0.6) is 0 Å². The maximum absolute atomic E-state index is 12.3. The molecule has 3 N–H and O–H groups in total. The first kappa shape index (κ1) is 14.7. The lowest BCUT2D eigenvalue weighted by molar-refractivity contribution is -0.126. The molecule has 0 bridgehead atoms. The summed E-state index contributed by atoms with van der Waals surface area (Å²) in [7, 11) is 0. The van der Waals surface area contributed by atoms with Crippen molar-refractivity contribution in [2.24, 2.45) is 5.73 Å². The van der Waals surface area contributed by atoms with E-state index in [0.29, 0.717) is 6.54 Å². The average molecular weight is 289 g/mol. The summed E-state index contributed by atoms with van der Waals surface area (Å²) >= 11 is 1.59. The van der Waals surface area contributed by atoms with Crippen molar-refractivity contribution in [3.63, 3.8) is 0 Å². The zero-order chi connectivity index (χ0) is 14.6. The number of hydrogen-bond acceptors (Lipinski definition) is 4. The second-order valence-electron chi connectivity index (χ2n) is 5.05. The molecule has 1 heterocycles. The third kappa shape index (κ3) is 3.23. The fourth-order valence-corrected chi connectivity index (χ4v) is 2.61. The van der Waals surface area contributed by atoms with Crippen molar-refractivity contribution < 1.29 is 4.79 Å². The third-order valence-electron chi connectivity index (χ3n) is 3.29. The number of rotatable bonds is 5. The molecule has 0 radical (unpaired) electrons. The number of carbonyl (C=O) groups excluding carboxylic acids is 1. The largest absolute Gasteiger partial charge is 0.354 e. The molecule has 0 saturated heterocycles. The summed E-state index contributed by atoms with van der Waals surface area (Å²) in [5, 5.41) is 5.86. The van der Waals surface area contributed by atoms with Gasteiger partial charge in [0.05, 0.1) is 5.01 Å². The normalized spacial score (nSPS) is 15.3. The number of nitrogens with one attached hydrogen (secondary N) is 1. The molecule has 0 aliphatic heterocycles. The van der Waals surface area contributed by atoms with Gasteiger partial charge in [0.2, 0.25) is 5.91 Å². The van der Waals surface area contributed by atoms with Crippen LogP contribution in [0.25, 0.3) is 0 Å². The van der Waals surface area contributed by atoms with E-state index >= 15 is 0 Å². The summed E-state index contributed by atoms with van der Waals surface area (Å²) < 4.78 is 0. The van der Waals surface area contributed by atoms with Gasteiger partial charge in [-0.2, -0.15) is 0 Å². The van der Waals surface area contributed by atoms with Crippen LogP contribution in [0, 0.1) is 0 Å². The highest BCUT2D eigenvalue weighted by molar-refractivity contribution is 7.09. The highest BCUT2D eigenvalue weighted by Crippen LogP contribution is 2.19. The zero-order valence-electron chi connectivity index (χ0n) is 11.7. The van der Waals surface area contributed by atoms with E-state index in [9.17, 15) is 4.79 Å². The van der Waals surface area contributed by atoms with Crippen molar-refractivity contribution in [2.75, 3.05) is 6.54 Å². The molecule has 0 aliphatic carbocycles. The first-order valence-corrected chi connectivity index (χ1v) is 7.42. The molecule has 5 heteroatoms. The maximum Gasteiger partial charge on any atom is 0.244 e. The van der Waals surface area contributed by atoms with E-state index in [4.69, 9.17) is 5.73 Å². The molecule has 20 heavy (non-hydrogen) atoms. The van der Waals surface area contributed by atoms with Gasteiger partial charge in [-0.15, -0.1) is 11.3 Å². The molecule has 2 aromatic rings. The second kappa shape index (κ2) is 6.15. The van der Waals surface area contributed by atoms with Crippen LogP contribution in [-0.2, 0) is 10.3 Å². The first-order chi connectivity index (χ1) is 9.51. The molecular formula is C15H19N3OS. The lowest BCUT2D eigenvalue weighted by atomic mass is 9.92. The Morgan fingerprint density at radius 3 is 2.75 bits per heavy atom. The van der Waals surface area contributed by atoms with Crippen molar-refractivity contribution in [3.05, 3.63) is 52.5 Å². The molecule has 4 nitrogen and oxygen atoms in total. The van der Waals surface area contributed by atoms with Gasteiger partial charge in [-0.1, -0.05) is 37.3 Å². The molecule has 0 aliphatic rings. The molecule has 0 fully saturated rings. The van der Waals surface area contributed by atoms with Gasteiger partial charge in [-0.05, 0) is 12.5 Å². The van der Waals surface area contributed by atoms with Crippen molar-refractivity contribution in [1.82, 2.24) is 10.3 Å². The molecule has 0 spiro atoms. The Morgan fingerprint density at radius 1 is 1.45 bits per heavy atom. The Morgan fingerprint density at radius 2 is 2.15 bits per heavy atom. The summed E-state index contributed by atoms with van der Waals surface area (Å²) in [6.45, 7) is 4.30. The molecule has 2 unspecified atom stereocenters. The highest BCUT2D eigenvalue weighted by Gasteiger charge is 2.30. The number of aromatic nitrogens is 1. The predicted octanol–water partition coefficient (Wildman–Crippen LogP) is 2.24. The van der Waals surface area contributed by atoms with Crippen LogP contribution in [0.1, 0.15) is 30.3 Å². The van der Waals surface area contributed by atoms with Crippen LogP contribution in [0.3, 0.4) is 0 Å². The van der Waals surface area contributed by atoms with E-state index in [0.717, 1.165) is 10.6 Å². The number of hydrogen-bond donors (Lipinski definition) is 2. The SMILES string of the molecule is CC(CNC(=O)C(C)(N)c1ccccc1)c1nccs1. The minimum atomic E-state index is -1.02. The lowest BCUT2D eigenvalue weighted by Crippen LogP contribution is -2.49. The van der Waals surface area contributed by atoms with Gasteiger partial charge in [0.1, 0.15) is 5.54 Å². The van der Waals surface area contributed by atoms with Gasteiger partial charge in [-0.25, -0.2) is 4.98 Å². The molecule has 2 atom stereocenters. The number of thiazole rings is 1. The van der Waals surface area contributed by atoms with Gasteiger partial charge < -0.3 is 11.1 Å². The molecule has 1 aromatic heterocycles. The number of nitrogens with two attached hydrogens (primary N) is 1. The third-order valence-corrected chi connectivity index (χ3v) is 4.29. The number of carbonyl (C=O) groups is 1. The summed E-state index contributed by atoms with van der Waals surface area (Å²) in [5.74, 6) is 0.0117. The monoisotopic (exact) mass is 289 g/mol. The van der Waals surface area contributed by atoms with Gasteiger partial charge in [0, 0.05) is 24.0 Å². The Kier molecular flexibility index (Phi) is 4.52. The van der Waals surface area contributed by atoms with Gasteiger partial charge in [0.15, 0.2) is 0 Å². The van der Waals surface area contributed by atoms with Crippen LogP contribution in [0.2, 0.25) is 0 Å². The number of nitrogens with zero attached hydrogens (tertiary/aromatic N) is 1. The van der Waals surface area contributed by atoms with Gasteiger partial charge >= 0.3 is 0 Å². The summed E-state index contributed by atoms with van der Waals surface area (Å²) in [4.78, 5) is 16.5. The molecule has 0 saturated carbocycles. The Hall–Kier alpha value is -1.72. The van der Waals surface area contributed by atoms with Crippen LogP contribution < -0.4 is 11.1 Å². The summed E-state index contributed by atoms with van der Waals surface area (Å²) in [5.41, 5.74) is 5.94. The Balaban J connectivity index is 1.98. The van der Waals surface area contributed by atoms with E-state index in [1.165, 1.54) is 0 Å². The standard InChI is InChI=1S/C15H19N3OS/c1-11(13-17-8-9-20-13)10-18-14(19)15(2,16)12-6-4-3-5-7-12/h3-9,11H,10,16H2,1-2H3,(H,18,19). The van der Waals surface area contributed by atoms with Crippen LogP contribution in [-0.4, -0.2) is 17.4 Å². The van der Waals surface area contributed by atoms with Crippen LogP contribution >= 0.6 is 11.3 Å². The van der Waals surface area contributed by atoms with Crippen LogP contribution in [0.15, 0.2) is 41.9 Å². The lowest BCUT2D eigenvalue weighted by Gasteiger charge is -2.24. The molecule has 2 rings (SSSR count). The van der Waals surface area contributed by atoms with E-state index in [1.54, 1.807) is 24.5 Å². The second-order valence-corrected chi connectivity index (χ2v) is 5.98. The fourth-order valence-electron chi connectivity index (χ4n) is 1.91. The quantitative estimate of drug-likeness (QED) is 0.887. The Labute approximate surface area is 123 Å². The average Bonchev–Trinajstić information content (AvgIpc) is 2.99. The smallest absolute Gasteiger partial charge is 0.244 e. The minimum absolute atomic E-state index is 0.174. The Bertz CT molecular complexity index is 552. The van der Waals surface area contributed by atoms with Crippen molar-refractivity contribution >= 4 is 17.2 Å². The summed E-state index contributed by atoms with van der Waals surface area (Å²) in [6, 6.07) is 9.40. The van der Waals surface area contributed by atoms with Crippen molar-refractivity contribution in [1.29, 1.82) is 0 Å². The highest BCUT2D eigenvalue weighted by atomic mass is 32.1.